The molecule has 45 heavy (non-hydrogen) atoms. The van der Waals surface area contributed by atoms with Crippen LogP contribution in [-0.2, 0) is 31.3 Å². The maximum absolute atomic E-state index is 11.8. The fourth-order valence-corrected chi connectivity index (χ4v) is 5.02. The van der Waals surface area contributed by atoms with Crippen molar-refractivity contribution in [3.8, 4) is 11.3 Å². The van der Waals surface area contributed by atoms with Crippen LogP contribution >= 0.6 is 0 Å². The van der Waals surface area contributed by atoms with Crippen LogP contribution in [0.3, 0.4) is 0 Å². The van der Waals surface area contributed by atoms with Crippen molar-refractivity contribution < 1.29 is 30.0 Å². The molecule has 0 saturated carbocycles. The summed E-state index contributed by atoms with van der Waals surface area (Å²) in [5.41, 5.74) is 6.17. The van der Waals surface area contributed by atoms with Gasteiger partial charge in [-0.1, -0.05) is 113 Å². The molecular formula is C40H53IrN2O2-. The summed E-state index contributed by atoms with van der Waals surface area (Å²) in [5.74, 6) is 1.94. The first kappa shape index (κ1) is 38.3. The number of aliphatic hydroxyl groups excluding tert-OH is 1. The molecule has 0 unspecified atom stereocenters. The first-order chi connectivity index (χ1) is 20.5. The van der Waals surface area contributed by atoms with Crippen molar-refractivity contribution in [1.29, 1.82) is 0 Å². The van der Waals surface area contributed by atoms with Crippen molar-refractivity contribution in [3.63, 3.8) is 0 Å². The van der Waals surface area contributed by atoms with Crippen LogP contribution in [0.1, 0.15) is 111 Å². The van der Waals surface area contributed by atoms with Gasteiger partial charge >= 0.3 is 0 Å². The van der Waals surface area contributed by atoms with Gasteiger partial charge < -0.3 is 5.11 Å². The van der Waals surface area contributed by atoms with Gasteiger partial charge in [0.15, 0.2) is 5.78 Å². The minimum Gasteiger partial charge on any atom is -0.512 e. The van der Waals surface area contributed by atoms with Crippen molar-refractivity contribution in [1.82, 2.24) is 9.97 Å². The van der Waals surface area contributed by atoms with Crippen LogP contribution in [0.25, 0.3) is 32.9 Å². The molecule has 0 aliphatic carbocycles. The summed E-state index contributed by atoms with van der Waals surface area (Å²) >= 11 is 0. The molecular weight excluding hydrogens is 733 g/mol. The summed E-state index contributed by atoms with van der Waals surface area (Å²) in [6.07, 6.45) is 4.03. The number of hydrogen-bond acceptors (Lipinski definition) is 4. The number of carbonyl (C=O) groups excluding carboxylic acids is 1. The summed E-state index contributed by atoms with van der Waals surface area (Å²) in [5, 5.41) is 13.5. The van der Waals surface area contributed by atoms with Gasteiger partial charge in [-0.15, -0.1) is 34.9 Å². The van der Waals surface area contributed by atoms with Crippen LogP contribution in [0.2, 0.25) is 0 Å². The molecule has 4 nitrogen and oxygen atoms in total. The van der Waals surface area contributed by atoms with Gasteiger partial charge in [-0.2, -0.15) is 0 Å². The smallest absolute Gasteiger partial charge is 0.164 e. The third kappa shape index (κ3) is 9.33. The van der Waals surface area contributed by atoms with E-state index in [1.54, 1.807) is 0 Å². The Hall–Kier alpha value is -2.88. The molecule has 1 heterocycles. The number of allylic oxidation sites excluding steroid dienone is 2. The maximum Gasteiger partial charge on any atom is 0.164 e. The number of fused-ring (bicyclic) bond motifs is 3. The molecule has 0 atom stereocenters. The minimum atomic E-state index is -0.377. The summed E-state index contributed by atoms with van der Waals surface area (Å²) < 4.78 is 0. The fourth-order valence-electron chi connectivity index (χ4n) is 5.02. The first-order valence-corrected chi connectivity index (χ1v) is 16.2. The first-order valence-electron chi connectivity index (χ1n) is 16.2. The molecule has 5 heteroatoms. The molecule has 0 amide bonds. The predicted octanol–water partition coefficient (Wildman–Crippen LogP) is 11.1. The van der Waals surface area contributed by atoms with E-state index in [9.17, 15) is 9.90 Å². The van der Waals surface area contributed by atoms with E-state index < -0.39 is 0 Å². The van der Waals surface area contributed by atoms with Crippen molar-refractivity contribution in [2.45, 2.75) is 108 Å². The summed E-state index contributed by atoms with van der Waals surface area (Å²) in [6, 6.07) is 18.9. The van der Waals surface area contributed by atoms with Crippen LogP contribution in [0.5, 0.6) is 0 Å². The average Bonchev–Trinajstić information content (AvgIpc) is 2.95. The van der Waals surface area contributed by atoms with Crippen LogP contribution < -0.4 is 0 Å². The van der Waals surface area contributed by atoms with E-state index in [2.05, 4.69) is 90.1 Å². The van der Waals surface area contributed by atoms with Gasteiger partial charge in [-0.05, 0) is 47.2 Å². The van der Waals surface area contributed by atoms with Crippen LogP contribution in [0, 0.1) is 36.7 Å². The normalized spacial score (nSPS) is 12.4. The molecule has 3 aromatic carbocycles. The van der Waals surface area contributed by atoms with Gasteiger partial charge in [0.25, 0.3) is 0 Å². The number of aryl methyl sites for hydroxylation is 2. The Labute approximate surface area is 285 Å². The van der Waals surface area contributed by atoms with Crippen molar-refractivity contribution in [2.24, 2.45) is 16.7 Å². The number of benzene rings is 3. The molecule has 4 aromatic rings. The number of aromatic nitrogens is 2. The van der Waals surface area contributed by atoms with Crippen LogP contribution in [0.4, 0.5) is 0 Å². The fraction of sp³-hybridized carbons (Fsp3) is 0.475. The zero-order chi connectivity index (χ0) is 33.0. The third-order valence-corrected chi connectivity index (χ3v) is 8.76. The van der Waals surface area contributed by atoms with Gasteiger partial charge in [-0.3, -0.25) is 9.78 Å². The van der Waals surface area contributed by atoms with E-state index in [-0.39, 0.29) is 48.4 Å². The zero-order valence-corrected chi connectivity index (χ0v) is 31.9. The molecule has 0 spiro atoms. The van der Waals surface area contributed by atoms with Gasteiger partial charge in [0, 0.05) is 48.3 Å². The molecule has 1 radical (unpaired) electrons. The van der Waals surface area contributed by atoms with Gasteiger partial charge in [0.05, 0.1) is 5.52 Å². The second kappa shape index (κ2) is 15.6. The molecule has 0 bridgehead atoms. The SMILES string of the molecule is CCC(C)(C)C(=O)/C=C(\O)C(C)(C)CC.Cc1[c-]c(-c2nc(C(C)C)nc3c2ccc2cccc(CC(C)C)c23)cc(C)c1.[Ir]. The van der Waals surface area contributed by atoms with E-state index in [4.69, 9.17) is 9.97 Å². The minimum absolute atomic E-state index is 0. The van der Waals surface area contributed by atoms with Crippen molar-refractivity contribution in [3.05, 3.63) is 82.9 Å². The van der Waals surface area contributed by atoms with Gasteiger partial charge in [0.2, 0.25) is 0 Å². The molecule has 1 N–H and O–H groups in total. The number of carbonyl (C=O) groups is 1. The van der Waals surface area contributed by atoms with Crippen molar-refractivity contribution >= 4 is 27.5 Å². The Morgan fingerprint density at radius 1 is 0.933 bits per heavy atom. The summed E-state index contributed by atoms with van der Waals surface area (Å²) in [7, 11) is 0. The molecule has 4 rings (SSSR count). The largest absolute Gasteiger partial charge is 0.512 e. The van der Waals surface area contributed by atoms with Gasteiger partial charge in [0.1, 0.15) is 11.6 Å². The second-order valence-corrected chi connectivity index (χ2v) is 14.3. The number of aliphatic hydroxyl groups is 1. The van der Waals surface area contributed by atoms with E-state index in [1.807, 2.05) is 41.5 Å². The van der Waals surface area contributed by atoms with E-state index in [0.717, 1.165) is 52.8 Å². The Balaban J connectivity index is 0.000000378. The average molecular weight is 786 g/mol. The summed E-state index contributed by atoms with van der Waals surface area (Å²) in [6.45, 7) is 24.8. The standard InChI is InChI=1S/C27H29N2.C13H24O2.Ir/c1-16(2)12-21-9-7-8-20-10-11-23-25(22-14-18(5)13-19(6)15-22)28-27(17(3)4)29-26(23)24(20)21;1-7-12(3,4)10(14)9-11(15)13(5,6)8-2;/h7-11,13-14,16-17H,12H2,1-6H3;9,14H,7-8H2,1-6H3;/q-1;;/b;10-9-;. The summed E-state index contributed by atoms with van der Waals surface area (Å²) in [4.78, 5) is 21.9. The quantitative estimate of drug-likeness (QED) is 0.0794. The van der Waals surface area contributed by atoms with Crippen LogP contribution in [-0.4, -0.2) is 20.9 Å². The molecule has 0 fully saturated rings. The van der Waals surface area contributed by atoms with E-state index in [0.29, 0.717) is 5.92 Å². The Bertz CT molecular complexity index is 1640. The molecule has 245 valence electrons. The maximum atomic E-state index is 11.8. The molecule has 1 aromatic heterocycles. The Morgan fingerprint density at radius 2 is 1.58 bits per heavy atom. The number of ketones is 1. The Kier molecular flexibility index (Phi) is 13.3. The van der Waals surface area contributed by atoms with E-state index >= 15 is 0 Å². The van der Waals surface area contributed by atoms with E-state index in [1.165, 1.54) is 28.0 Å². The number of hydrogen-bond donors (Lipinski definition) is 1. The van der Waals surface area contributed by atoms with Gasteiger partial charge in [-0.25, -0.2) is 4.98 Å². The molecule has 0 aliphatic heterocycles. The number of rotatable bonds is 9. The second-order valence-electron chi connectivity index (χ2n) is 14.3. The zero-order valence-electron chi connectivity index (χ0n) is 29.5. The molecule has 0 saturated heterocycles. The third-order valence-electron chi connectivity index (χ3n) is 8.76. The van der Waals surface area contributed by atoms with Crippen molar-refractivity contribution in [2.75, 3.05) is 0 Å². The monoisotopic (exact) mass is 786 g/mol. The topological polar surface area (TPSA) is 63.1 Å². The predicted molar refractivity (Wildman–Crippen MR) is 187 cm³/mol. The number of nitrogens with zero attached hydrogens (tertiary/aromatic N) is 2. The Morgan fingerprint density at radius 3 is 2.13 bits per heavy atom. The van der Waals surface area contributed by atoms with Crippen LogP contribution in [0.15, 0.2) is 54.3 Å². The molecule has 0 aliphatic rings.